The Morgan fingerprint density at radius 2 is 2.62 bits per heavy atom. The lowest BCUT2D eigenvalue weighted by Crippen LogP contribution is -2.49. The molecule has 8 heavy (non-hydrogen) atoms. The minimum atomic E-state index is -0.163. The van der Waals surface area contributed by atoms with E-state index in [1.807, 2.05) is 0 Å². The van der Waals surface area contributed by atoms with Gasteiger partial charge in [-0.3, -0.25) is 0 Å². The number of urea groups is 1. The van der Waals surface area contributed by atoms with E-state index < -0.39 is 0 Å². The van der Waals surface area contributed by atoms with Crippen LogP contribution in [0.5, 0.6) is 0 Å². The van der Waals surface area contributed by atoms with Crippen LogP contribution in [0.4, 0.5) is 4.79 Å². The highest BCUT2D eigenvalue weighted by Crippen LogP contribution is 1.87. The highest BCUT2D eigenvalue weighted by Gasteiger charge is 2.11. The van der Waals surface area contributed by atoms with Crippen molar-refractivity contribution in [1.82, 2.24) is 10.6 Å². The molecule has 0 aromatic heterocycles. The van der Waals surface area contributed by atoms with Gasteiger partial charge in [0.1, 0.15) is 13.0 Å². The van der Waals surface area contributed by atoms with Crippen LogP contribution in [0.15, 0.2) is 0 Å². The lowest BCUT2D eigenvalue weighted by atomic mass is 10.6. The van der Waals surface area contributed by atoms with Crippen molar-refractivity contribution >= 4 is 6.03 Å². The average molecular weight is 116 g/mol. The first-order chi connectivity index (χ1) is 3.79. The van der Waals surface area contributed by atoms with Crippen molar-refractivity contribution in [2.75, 3.05) is 6.73 Å². The summed E-state index contributed by atoms with van der Waals surface area (Å²) >= 11 is 0. The number of rotatable bonds is 0. The summed E-state index contributed by atoms with van der Waals surface area (Å²) in [6.07, 6.45) is -0.149. The molecule has 0 aliphatic carbocycles. The monoisotopic (exact) mass is 116 g/mol. The second-order valence-electron chi connectivity index (χ2n) is 1.60. The van der Waals surface area contributed by atoms with Crippen LogP contribution in [-0.2, 0) is 4.74 Å². The molecule has 1 rings (SSSR count). The van der Waals surface area contributed by atoms with Crippen molar-refractivity contribution in [3.8, 4) is 0 Å². The van der Waals surface area contributed by atoms with Crippen LogP contribution in [0.3, 0.4) is 0 Å². The zero-order chi connectivity index (χ0) is 5.98. The molecule has 0 aromatic rings. The highest BCUT2D eigenvalue weighted by molar-refractivity contribution is 5.74. The third kappa shape index (κ3) is 1.10. The first kappa shape index (κ1) is 5.37. The predicted molar refractivity (Wildman–Crippen MR) is 27.1 cm³/mol. The molecular weight excluding hydrogens is 108 g/mol. The molecule has 0 aromatic carbocycles. The summed E-state index contributed by atoms with van der Waals surface area (Å²) in [4.78, 5) is 10.4. The summed E-state index contributed by atoms with van der Waals surface area (Å²) in [6.45, 7) is 2.09. The van der Waals surface area contributed by atoms with E-state index >= 15 is 0 Å². The molecule has 1 aliphatic heterocycles. The Bertz CT molecular complexity index is 104. The molecule has 1 atom stereocenters. The van der Waals surface area contributed by atoms with E-state index in [2.05, 4.69) is 10.6 Å². The molecule has 1 fully saturated rings. The van der Waals surface area contributed by atoms with Gasteiger partial charge in [-0.1, -0.05) is 0 Å². The molecule has 0 spiro atoms. The molecule has 4 heteroatoms. The molecule has 4 nitrogen and oxygen atoms in total. The van der Waals surface area contributed by atoms with Crippen molar-refractivity contribution in [2.24, 2.45) is 0 Å². The highest BCUT2D eigenvalue weighted by atomic mass is 16.5. The number of amides is 2. The molecule has 1 saturated heterocycles. The molecule has 0 radical (unpaired) electrons. The van der Waals surface area contributed by atoms with E-state index in [9.17, 15) is 4.79 Å². The molecule has 46 valence electrons. The first-order valence-electron chi connectivity index (χ1n) is 2.45. The Balaban J connectivity index is 2.34. The van der Waals surface area contributed by atoms with E-state index in [0.717, 1.165) is 0 Å². The Morgan fingerprint density at radius 1 is 1.88 bits per heavy atom. The fourth-order valence-corrected chi connectivity index (χ4v) is 0.510. The summed E-state index contributed by atoms with van der Waals surface area (Å²) in [7, 11) is 0. The maximum atomic E-state index is 10.4. The van der Waals surface area contributed by atoms with Gasteiger partial charge in [0.25, 0.3) is 0 Å². The lowest BCUT2D eigenvalue weighted by molar-refractivity contribution is 0.0203. The molecule has 0 saturated carbocycles. The quantitative estimate of drug-likeness (QED) is 0.453. The lowest BCUT2D eigenvalue weighted by Gasteiger charge is -2.20. The molecule has 2 amide bonds. The van der Waals surface area contributed by atoms with Crippen LogP contribution < -0.4 is 10.6 Å². The van der Waals surface area contributed by atoms with E-state index in [4.69, 9.17) is 4.74 Å². The van der Waals surface area contributed by atoms with Crippen LogP contribution in [0.2, 0.25) is 0 Å². The van der Waals surface area contributed by atoms with Gasteiger partial charge in [-0.25, -0.2) is 4.79 Å². The molecular formula is C4H8N2O2. The van der Waals surface area contributed by atoms with Crippen LogP contribution >= 0.6 is 0 Å². The summed E-state index contributed by atoms with van der Waals surface area (Å²) < 4.78 is 4.91. The largest absolute Gasteiger partial charge is 0.339 e. The van der Waals surface area contributed by atoms with Gasteiger partial charge in [0, 0.05) is 0 Å². The van der Waals surface area contributed by atoms with E-state index in [0.29, 0.717) is 6.73 Å². The normalized spacial score (nSPS) is 28.6. The molecule has 1 aliphatic rings. The summed E-state index contributed by atoms with van der Waals surface area (Å²) in [5.74, 6) is 0. The Labute approximate surface area is 47.2 Å². The van der Waals surface area contributed by atoms with Gasteiger partial charge in [0.15, 0.2) is 0 Å². The summed E-state index contributed by atoms with van der Waals surface area (Å²) in [5, 5.41) is 4.95. The van der Waals surface area contributed by atoms with Crippen molar-refractivity contribution in [3.05, 3.63) is 0 Å². The maximum Gasteiger partial charge on any atom is 0.318 e. The van der Waals surface area contributed by atoms with Gasteiger partial charge < -0.3 is 15.4 Å². The zero-order valence-electron chi connectivity index (χ0n) is 4.60. The Kier molecular flexibility index (Phi) is 1.34. The van der Waals surface area contributed by atoms with Crippen molar-refractivity contribution < 1.29 is 9.53 Å². The SMILES string of the molecule is CC1NC(=O)NCO1. The summed E-state index contributed by atoms with van der Waals surface area (Å²) in [6, 6.07) is -0.163. The molecule has 1 heterocycles. The van der Waals surface area contributed by atoms with Gasteiger partial charge in [-0.2, -0.15) is 0 Å². The molecule has 2 N–H and O–H groups in total. The predicted octanol–water partition coefficient (Wildman–Crippen LogP) is -0.381. The van der Waals surface area contributed by atoms with E-state index in [1.165, 1.54) is 0 Å². The van der Waals surface area contributed by atoms with E-state index in [1.54, 1.807) is 6.92 Å². The molecule has 0 bridgehead atoms. The number of hydrogen-bond donors (Lipinski definition) is 2. The molecule has 1 unspecified atom stereocenters. The smallest absolute Gasteiger partial charge is 0.318 e. The van der Waals surface area contributed by atoms with Gasteiger partial charge in [-0.15, -0.1) is 0 Å². The standard InChI is InChI=1S/C4H8N2O2/c1-3-6-4(7)5-2-8-3/h3H,2H2,1H3,(H2,5,6,7). The second kappa shape index (κ2) is 2.00. The fraction of sp³-hybridized carbons (Fsp3) is 0.750. The van der Waals surface area contributed by atoms with Gasteiger partial charge in [-0.05, 0) is 6.92 Å². The Hall–Kier alpha value is -0.770. The van der Waals surface area contributed by atoms with Gasteiger partial charge in [0.05, 0.1) is 0 Å². The van der Waals surface area contributed by atoms with Crippen LogP contribution in [0.25, 0.3) is 0 Å². The van der Waals surface area contributed by atoms with Crippen molar-refractivity contribution in [3.63, 3.8) is 0 Å². The topological polar surface area (TPSA) is 50.4 Å². The number of carbonyl (C=O) groups excluding carboxylic acids is 1. The third-order valence-electron chi connectivity index (χ3n) is 0.900. The number of nitrogens with one attached hydrogen (secondary N) is 2. The average Bonchev–Trinajstić information content (AvgIpc) is 1.64. The van der Waals surface area contributed by atoms with Crippen LogP contribution in [0, 0.1) is 0 Å². The van der Waals surface area contributed by atoms with Crippen molar-refractivity contribution in [1.29, 1.82) is 0 Å². The zero-order valence-corrected chi connectivity index (χ0v) is 4.60. The Morgan fingerprint density at radius 3 is 3.00 bits per heavy atom. The van der Waals surface area contributed by atoms with Crippen LogP contribution in [0.1, 0.15) is 6.92 Å². The summed E-state index contributed by atoms with van der Waals surface area (Å²) in [5.41, 5.74) is 0. The minimum Gasteiger partial charge on any atom is -0.339 e. The van der Waals surface area contributed by atoms with Gasteiger partial charge >= 0.3 is 6.03 Å². The minimum absolute atomic E-state index is 0.149. The number of carbonyl (C=O) groups is 1. The number of hydrogen-bond acceptors (Lipinski definition) is 2. The van der Waals surface area contributed by atoms with E-state index in [-0.39, 0.29) is 12.3 Å². The van der Waals surface area contributed by atoms with Gasteiger partial charge in [0.2, 0.25) is 0 Å². The first-order valence-corrected chi connectivity index (χ1v) is 2.45. The second-order valence-corrected chi connectivity index (χ2v) is 1.60. The third-order valence-corrected chi connectivity index (χ3v) is 0.900. The number of ether oxygens (including phenoxy) is 1. The fourth-order valence-electron chi connectivity index (χ4n) is 0.510. The maximum absolute atomic E-state index is 10.4. The van der Waals surface area contributed by atoms with Crippen molar-refractivity contribution in [2.45, 2.75) is 13.2 Å². The van der Waals surface area contributed by atoms with Crippen LogP contribution in [-0.4, -0.2) is 19.0 Å².